The first kappa shape index (κ1) is 17.9. The van der Waals surface area contributed by atoms with Gasteiger partial charge in [-0.15, -0.1) is 12.4 Å². The Morgan fingerprint density at radius 3 is 2.75 bits per heavy atom. The second-order valence-electron chi connectivity index (χ2n) is 4.88. The zero-order chi connectivity index (χ0) is 14.0. The molecule has 1 aromatic rings. The van der Waals surface area contributed by atoms with Gasteiger partial charge in [-0.1, -0.05) is 22.0 Å². The summed E-state index contributed by atoms with van der Waals surface area (Å²) in [5.74, 6) is 0. The summed E-state index contributed by atoms with van der Waals surface area (Å²) in [5, 5.41) is 3.07. The third kappa shape index (κ3) is 3.54. The number of aryl methyl sites for hydroxylation is 1. The fourth-order valence-corrected chi connectivity index (χ4v) is 4.68. The van der Waals surface area contributed by atoms with Gasteiger partial charge in [0.2, 0.25) is 10.0 Å². The molecule has 20 heavy (non-hydrogen) atoms. The van der Waals surface area contributed by atoms with E-state index < -0.39 is 10.0 Å². The molecule has 0 aliphatic carbocycles. The standard InChI is InChI=1S/C13H19BrN2O2S.ClH/c1-10-5-6-12(8-13(10)14)19(17,18)16-7-3-4-11(16)9-15-2;/h5-6,8,11,15H,3-4,7,9H2,1-2H3;1H. The molecule has 1 aliphatic heterocycles. The maximum Gasteiger partial charge on any atom is 0.243 e. The monoisotopic (exact) mass is 382 g/mol. The largest absolute Gasteiger partial charge is 0.318 e. The number of hydrogen-bond acceptors (Lipinski definition) is 3. The molecular weight excluding hydrogens is 364 g/mol. The van der Waals surface area contributed by atoms with Gasteiger partial charge in [0.15, 0.2) is 0 Å². The van der Waals surface area contributed by atoms with Crippen LogP contribution in [-0.4, -0.2) is 38.9 Å². The molecule has 0 aromatic heterocycles. The minimum absolute atomic E-state index is 0. The fraction of sp³-hybridized carbons (Fsp3) is 0.538. The molecule has 0 saturated carbocycles. The molecule has 1 unspecified atom stereocenters. The highest BCUT2D eigenvalue weighted by molar-refractivity contribution is 9.10. The highest BCUT2D eigenvalue weighted by Gasteiger charge is 2.34. The van der Waals surface area contributed by atoms with E-state index in [9.17, 15) is 8.42 Å². The van der Waals surface area contributed by atoms with Crippen molar-refractivity contribution in [3.63, 3.8) is 0 Å². The molecule has 1 aromatic carbocycles. The summed E-state index contributed by atoms with van der Waals surface area (Å²) in [4.78, 5) is 0.368. The Morgan fingerprint density at radius 2 is 2.15 bits per heavy atom. The van der Waals surface area contributed by atoms with Gasteiger partial charge >= 0.3 is 0 Å². The van der Waals surface area contributed by atoms with Gasteiger partial charge in [-0.05, 0) is 44.5 Å². The number of nitrogens with zero attached hydrogens (tertiary/aromatic N) is 1. The van der Waals surface area contributed by atoms with Crippen LogP contribution >= 0.6 is 28.3 Å². The average Bonchev–Trinajstić information content (AvgIpc) is 2.82. The number of hydrogen-bond donors (Lipinski definition) is 1. The van der Waals surface area contributed by atoms with Crippen LogP contribution in [0.1, 0.15) is 18.4 Å². The van der Waals surface area contributed by atoms with E-state index in [1.807, 2.05) is 20.0 Å². The Balaban J connectivity index is 0.00000200. The lowest BCUT2D eigenvalue weighted by atomic mass is 10.2. The molecule has 114 valence electrons. The summed E-state index contributed by atoms with van der Waals surface area (Å²) < 4.78 is 27.8. The number of sulfonamides is 1. The van der Waals surface area contributed by atoms with Crippen molar-refractivity contribution in [1.82, 2.24) is 9.62 Å². The Hall–Kier alpha value is -0.140. The van der Waals surface area contributed by atoms with Gasteiger partial charge in [-0.25, -0.2) is 8.42 Å². The third-order valence-corrected chi connectivity index (χ3v) is 6.31. The first-order valence-electron chi connectivity index (χ1n) is 6.39. The molecule has 2 rings (SSSR count). The summed E-state index contributed by atoms with van der Waals surface area (Å²) in [7, 11) is -1.53. The Labute approximate surface area is 135 Å². The highest BCUT2D eigenvalue weighted by atomic mass is 79.9. The Bertz CT molecular complexity index is 565. The van der Waals surface area contributed by atoms with Gasteiger partial charge in [0.25, 0.3) is 0 Å². The quantitative estimate of drug-likeness (QED) is 0.869. The van der Waals surface area contributed by atoms with Crippen molar-refractivity contribution in [3.8, 4) is 0 Å². The van der Waals surface area contributed by atoms with Crippen LogP contribution in [0.4, 0.5) is 0 Å². The molecular formula is C13H20BrClN2O2S. The van der Waals surface area contributed by atoms with Gasteiger partial charge in [0, 0.05) is 23.6 Å². The Morgan fingerprint density at radius 1 is 1.45 bits per heavy atom. The van der Waals surface area contributed by atoms with Gasteiger partial charge in [-0.2, -0.15) is 4.31 Å². The summed E-state index contributed by atoms with van der Waals surface area (Å²) in [6.07, 6.45) is 1.85. The number of nitrogens with one attached hydrogen (secondary N) is 1. The summed E-state index contributed by atoms with van der Waals surface area (Å²) >= 11 is 3.40. The van der Waals surface area contributed by atoms with E-state index in [0.29, 0.717) is 18.0 Å². The molecule has 1 heterocycles. The molecule has 1 aliphatic rings. The van der Waals surface area contributed by atoms with Crippen LogP contribution in [-0.2, 0) is 10.0 Å². The van der Waals surface area contributed by atoms with Gasteiger partial charge in [0.05, 0.1) is 4.90 Å². The van der Waals surface area contributed by atoms with Crippen LogP contribution in [0.2, 0.25) is 0 Å². The molecule has 0 spiro atoms. The summed E-state index contributed by atoms with van der Waals surface area (Å²) in [6, 6.07) is 5.28. The topological polar surface area (TPSA) is 49.4 Å². The summed E-state index contributed by atoms with van der Waals surface area (Å²) in [5.41, 5.74) is 1.03. The van der Waals surface area contributed by atoms with E-state index in [1.165, 1.54) is 0 Å². The van der Waals surface area contributed by atoms with Crippen LogP contribution in [0.15, 0.2) is 27.6 Å². The zero-order valence-electron chi connectivity index (χ0n) is 11.6. The fourth-order valence-electron chi connectivity index (χ4n) is 2.43. The molecule has 7 heteroatoms. The minimum atomic E-state index is -3.39. The molecule has 1 saturated heterocycles. The number of halogens is 2. The van der Waals surface area contributed by atoms with Crippen molar-refractivity contribution in [2.24, 2.45) is 0 Å². The van der Waals surface area contributed by atoms with Gasteiger partial charge in [0.1, 0.15) is 0 Å². The second kappa shape index (κ2) is 7.22. The molecule has 0 amide bonds. The van der Waals surface area contributed by atoms with Crippen LogP contribution < -0.4 is 5.32 Å². The lowest BCUT2D eigenvalue weighted by Crippen LogP contribution is -2.40. The van der Waals surface area contributed by atoms with Crippen LogP contribution in [0.3, 0.4) is 0 Å². The van der Waals surface area contributed by atoms with E-state index in [4.69, 9.17) is 0 Å². The van der Waals surface area contributed by atoms with E-state index >= 15 is 0 Å². The lowest BCUT2D eigenvalue weighted by Gasteiger charge is -2.24. The van der Waals surface area contributed by atoms with E-state index in [0.717, 1.165) is 22.9 Å². The third-order valence-electron chi connectivity index (χ3n) is 3.51. The number of benzene rings is 1. The highest BCUT2D eigenvalue weighted by Crippen LogP contribution is 2.28. The van der Waals surface area contributed by atoms with Crippen molar-refractivity contribution in [2.45, 2.75) is 30.7 Å². The van der Waals surface area contributed by atoms with E-state index in [1.54, 1.807) is 16.4 Å². The molecule has 0 radical (unpaired) electrons. The smallest absolute Gasteiger partial charge is 0.243 e. The van der Waals surface area contributed by atoms with Crippen LogP contribution in [0.25, 0.3) is 0 Å². The Kier molecular flexibility index (Phi) is 6.47. The normalized spacial score (nSPS) is 19.9. The zero-order valence-corrected chi connectivity index (χ0v) is 14.8. The summed E-state index contributed by atoms with van der Waals surface area (Å²) in [6.45, 7) is 3.26. The predicted molar refractivity (Wildman–Crippen MR) is 87.0 cm³/mol. The maximum absolute atomic E-state index is 12.7. The average molecular weight is 384 g/mol. The van der Waals surface area contributed by atoms with Crippen molar-refractivity contribution in [1.29, 1.82) is 0 Å². The van der Waals surface area contributed by atoms with Crippen molar-refractivity contribution < 1.29 is 8.42 Å². The first-order chi connectivity index (χ1) is 8.96. The van der Waals surface area contributed by atoms with Crippen molar-refractivity contribution >= 4 is 38.4 Å². The predicted octanol–water partition coefficient (Wildman–Crippen LogP) is 2.55. The van der Waals surface area contributed by atoms with Crippen LogP contribution in [0, 0.1) is 6.92 Å². The molecule has 1 atom stereocenters. The molecule has 0 bridgehead atoms. The first-order valence-corrected chi connectivity index (χ1v) is 8.62. The minimum Gasteiger partial charge on any atom is -0.318 e. The second-order valence-corrected chi connectivity index (χ2v) is 7.63. The molecule has 4 nitrogen and oxygen atoms in total. The van der Waals surface area contributed by atoms with Crippen LogP contribution in [0.5, 0.6) is 0 Å². The van der Waals surface area contributed by atoms with Gasteiger partial charge < -0.3 is 5.32 Å². The maximum atomic E-state index is 12.7. The number of likely N-dealkylation sites (N-methyl/N-ethyl adjacent to an activating group) is 1. The van der Waals surface area contributed by atoms with Crippen molar-refractivity contribution in [3.05, 3.63) is 28.2 Å². The molecule has 1 fully saturated rings. The number of rotatable bonds is 4. The van der Waals surface area contributed by atoms with E-state index in [2.05, 4.69) is 21.2 Å². The van der Waals surface area contributed by atoms with Gasteiger partial charge in [-0.3, -0.25) is 0 Å². The van der Waals surface area contributed by atoms with E-state index in [-0.39, 0.29) is 18.4 Å². The lowest BCUT2D eigenvalue weighted by molar-refractivity contribution is 0.379. The molecule has 1 N–H and O–H groups in total. The SMILES string of the molecule is CNCC1CCCN1S(=O)(=O)c1ccc(C)c(Br)c1.Cl. The van der Waals surface area contributed by atoms with Crippen molar-refractivity contribution in [2.75, 3.05) is 20.1 Å².